The molecule has 0 aromatic rings. The maximum Gasteiger partial charge on any atom is 0.405 e. The lowest BCUT2D eigenvalue weighted by Gasteiger charge is -2.37. The maximum absolute atomic E-state index is 13.1. The van der Waals surface area contributed by atoms with E-state index >= 15 is 0 Å². The van der Waals surface area contributed by atoms with Gasteiger partial charge in [-0.25, -0.2) is 9.18 Å². The van der Waals surface area contributed by atoms with E-state index in [1.165, 1.54) is 4.90 Å². The Balaban J connectivity index is 2.95. The zero-order valence-corrected chi connectivity index (χ0v) is 18.2. The summed E-state index contributed by atoms with van der Waals surface area (Å²) in [6, 6.07) is -2.11. The van der Waals surface area contributed by atoms with Gasteiger partial charge in [0.2, 0.25) is 11.8 Å². The van der Waals surface area contributed by atoms with E-state index in [9.17, 15) is 23.6 Å². The average Bonchev–Trinajstić information content (AvgIpc) is 3.09. The Morgan fingerprint density at radius 1 is 1.26 bits per heavy atom. The van der Waals surface area contributed by atoms with Gasteiger partial charge >= 0.3 is 6.09 Å². The number of ketones is 1. The molecule has 0 aromatic carbocycles. The van der Waals surface area contributed by atoms with Crippen molar-refractivity contribution in [2.45, 2.75) is 64.1 Å². The van der Waals surface area contributed by atoms with Crippen LogP contribution < -0.4 is 21.7 Å². The number of halogens is 1. The molecule has 1 fully saturated rings. The fraction of sp³-hybridized carbons (Fsp3) is 0.737. The molecule has 0 saturated carbocycles. The highest BCUT2D eigenvalue weighted by Gasteiger charge is 2.48. The SMILES string of the molecule is CC(C)[C@H](NC(=O)O)C(=O)N1CCC[C@@]1(C)C(=O)N[C@@H](CCCNC(=N)N)C(=O)CF. The van der Waals surface area contributed by atoms with E-state index in [2.05, 4.69) is 16.0 Å². The second kappa shape index (κ2) is 11.5. The van der Waals surface area contributed by atoms with Gasteiger partial charge in [0, 0.05) is 13.1 Å². The zero-order chi connectivity index (χ0) is 23.8. The predicted octanol–water partition coefficient (Wildman–Crippen LogP) is -0.0536. The summed E-state index contributed by atoms with van der Waals surface area (Å²) in [5.74, 6) is -2.48. The Labute approximate surface area is 180 Å². The minimum absolute atomic E-state index is 0.133. The van der Waals surface area contributed by atoms with E-state index in [0.29, 0.717) is 19.3 Å². The number of likely N-dealkylation sites (tertiary alicyclic amines) is 1. The number of carboxylic acid groups (broad SMARTS) is 1. The predicted molar refractivity (Wildman–Crippen MR) is 111 cm³/mol. The minimum Gasteiger partial charge on any atom is -0.465 e. The molecule has 7 N–H and O–H groups in total. The number of carbonyl (C=O) groups is 4. The van der Waals surface area contributed by atoms with Crippen molar-refractivity contribution in [1.82, 2.24) is 20.9 Å². The average molecular weight is 445 g/mol. The van der Waals surface area contributed by atoms with Gasteiger partial charge in [0.05, 0.1) is 6.04 Å². The first-order valence-corrected chi connectivity index (χ1v) is 10.2. The highest BCUT2D eigenvalue weighted by atomic mass is 19.1. The van der Waals surface area contributed by atoms with Crippen LogP contribution >= 0.6 is 0 Å². The third-order valence-electron chi connectivity index (χ3n) is 5.42. The first kappa shape index (κ1) is 26.1. The molecular formula is C19H33FN6O5. The van der Waals surface area contributed by atoms with Crippen LogP contribution in [0.15, 0.2) is 0 Å². The van der Waals surface area contributed by atoms with E-state index in [4.69, 9.17) is 16.2 Å². The number of hydrogen-bond donors (Lipinski definition) is 6. The van der Waals surface area contributed by atoms with Crippen LogP contribution in [0.25, 0.3) is 0 Å². The van der Waals surface area contributed by atoms with Gasteiger partial charge in [0.25, 0.3) is 0 Å². The van der Waals surface area contributed by atoms with Crippen LogP contribution in [-0.2, 0) is 14.4 Å². The lowest BCUT2D eigenvalue weighted by atomic mass is 9.94. The van der Waals surface area contributed by atoms with Crippen molar-refractivity contribution in [3.8, 4) is 0 Å². The topological polar surface area (TPSA) is 178 Å². The van der Waals surface area contributed by atoms with E-state index in [1.807, 2.05) is 0 Å². The van der Waals surface area contributed by atoms with E-state index in [0.717, 1.165) is 0 Å². The Morgan fingerprint density at radius 2 is 1.90 bits per heavy atom. The number of rotatable bonds is 11. The number of amides is 3. The third kappa shape index (κ3) is 7.07. The first-order chi connectivity index (χ1) is 14.4. The maximum atomic E-state index is 13.1. The quantitative estimate of drug-likeness (QED) is 0.147. The molecule has 0 unspecified atom stereocenters. The summed E-state index contributed by atoms with van der Waals surface area (Å²) >= 11 is 0. The number of nitrogens with one attached hydrogen (secondary N) is 4. The summed E-state index contributed by atoms with van der Waals surface area (Å²) in [4.78, 5) is 50.5. The number of Topliss-reactive ketones (excluding diaryl/α,β-unsaturated/α-hetero) is 1. The second-order valence-corrected chi connectivity index (χ2v) is 8.15. The van der Waals surface area contributed by atoms with Crippen molar-refractivity contribution in [2.75, 3.05) is 19.8 Å². The lowest BCUT2D eigenvalue weighted by molar-refractivity contribution is -0.147. The van der Waals surface area contributed by atoms with Crippen molar-refractivity contribution < 1.29 is 28.7 Å². The molecule has 1 aliphatic heterocycles. The monoisotopic (exact) mass is 444 g/mol. The van der Waals surface area contributed by atoms with Crippen LogP contribution in [0, 0.1) is 11.3 Å². The molecule has 3 atom stereocenters. The molecule has 176 valence electrons. The van der Waals surface area contributed by atoms with Crippen molar-refractivity contribution in [1.29, 1.82) is 5.41 Å². The molecule has 1 aliphatic rings. The lowest BCUT2D eigenvalue weighted by Crippen LogP contribution is -2.62. The molecule has 1 rings (SSSR count). The van der Waals surface area contributed by atoms with Crippen LogP contribution in [0.3, 0.4) is 0 Å². The summed E-state index contributed by atoms with van der Waals surface area (Å²) in [5, 5.41) is 23.5. The first-order valence-electron chi connectivity index (χ1n) is 10.2. The van der Waals surface area contributed by atoms with Crippen LogP contribution in [0.4, 0.5) is 9.18 Å². The van der Waals surface area contributed by atoms with Crippen LogP contribution in [0.5, 0.6) is 0 Å². The Hall–Kier alpha value is -2.92. The molecule has 31 heavy (non-hydrogen) atoms. The van der Waals surface area contributed by atoms with Crippen molar-refractivity contribution >= 4 is 29.7 Å². The number of guanidine groups is 1. The largest absolute Gasteiger partial charge is 0.465 e. The molecular weight excluding hydrogens is 411 g/mol. The fourth-order valence-electron chi connectivity index (χ4n) is 3.62. The summed E-state index contributed by atoms with van der Waals surface area (Å²) < 4.78 is 13.0. The molecule has 3 amide bonds. The summed E-state index contributed by atoms with van der Waals surface area (Å²) in [6.45, 7) is 4.23. The van der Waals surface area contributed by atoms with Crippen molar-refractivity contribution in [3.63, 3.8) is 0 Å². The Morgan fingerprint density at radius 3 is 2.42 bits per heavy atom. The van der Waals surface area contributed by atoms with Gasteiger partial charge in [0.15, 0.2) is 11.7 Å². The normalized spacial score (nSPS) is 20.1. The number of nitrogens with zero attached hydrogens (tertiary/aromatic N) is 1. The van der Waals surface area contributed by atoms with E-state index in [1.54, 1.807) is 20.8 Å². The molecule has 0 bridgehead atoms. The van der Waals surface area contributed by atoms with Crippen LogP contribution in [0.1, 0.15) is 46.5 Å². The van der Waals surface area contributed by atoms with Crippen molar-refractivity contribution in [2.24, 2.45) is 11.7 Å². The molecule has 0 radical (unpaired) electrons. The van der Waals surface area contributed by atoms with Gasteiger partial charge in [0.1, 0.15) is 18.3 Å². The summed E-state index contributed by atoms with van der Waals surface area (Å²) in [6.07, 6.45) is -0.00487. The fourth-order valence-corrected chi connectivity index (χ4v) is 3.62. The standard InChI is InChI=1S/C19H33FN6O5/c1-11(2)14(25-18(30)31)15(28)26-9-5-7-19(26,3)16(29)24-12(13(27)10-20)6-4-8-23-17(21)22/h11-12,14,25H,4-10H2,1-3H3,(H,24,29)(H,30,31)(H4,21,22,23)/t12-,14-,19-/m0/s1. The Bertz CT molecular complexity index is 703. The third-order valence-corrected chi connectivity index (χ3v) is 5.42. The van der Waals surface area contributed by atoms with Gasteiger partial charge in [-0.1, -0.05) is 13.8 Å². The van der Waals surface area contributed by atoms with Gasteiger partial charge in [-0.2, -0.15) is 0 Å². The Kier molecular flexibility index (Phi) is 9.66. The second-order valence-electron chi connectivity index (χ2n) is 8.15. The summed E-state index contributed by atoms with van der Waals surface area (Å²) in [5.41, 5.74) is 3.90. The van der Waals surface area contributed by atoms with Gasteiger partial charge in [-0.3, -0.25) is 19.8 Å². The highest BCUT2D eigenvalue weighted by molar-refractivity contribution is 5.97. The molecule has 11 nitrogen and oxygen atoms in total. The molecule has 0 aliphatic carbocycles. The smallest absolute Gasteiger partial charge is 0.405 e. The van der Waals surface area contributed by atoms with E-state index < -0.39 is 48.0 Å². The van der Waals surface area contributed by atoms with E-state index in [-0.39, 0.29) is 31.4 Å². The van der Waals surface area contributed by atoms with Crippen LogP contribution in [-0.4, -0.2) is 77.0 Å². The van der Waals surface area contributed by atoms with Gasteiger partial charge in [-0.05, 0) is 38.5 Å². The van der Waals surface area contributed by atoms with Crippen molar-refractivity contribution in [3.05, 3.63) is 0 Å². The summed E-state index contributed by atoms with van der Waals surface area (Å²) in [7, 11) is 0. The van der Waals surface area contributed by atoms with Gasteiger partial charge < -0.3 is 31.7 Å². The molecule has 0 aromatic heterocycles. The molecule has 0 spiro atoms. The van der Waals surface area contributed by atoms with Crippen LogP contribution in [0.2, 0.25) is 0 Å². The highest BCUT2D eigenvalue weighted by Crippen LogP contribution is 2.31. The minimum atomic E-state index is -1.34. The number of nitrogens with two attached hydrogens (primary N) is 1. The molecule has 1 saturated heterocycles. The van der Waals surface area contributed by atoms with Gasteiger partial charge in [-0.15, -0.1) is 0 Å². The molecule has 12 heteroatoms. The number of hydrogen-bond acceptors (Lipinski definition) is 5. The zero-order valence-electron chi connectivity index (χ0n) is 18.2. The number of carbonyl (C=O) groups excluding carboxylic acids is 3. The molecule has 1 heterocycles. The number of alkyl halides is 1.